The molecular formula is C22H23NO5S. The number of carbonyl (C=O) groups excluding carboxylic acids is 2. The summed E-state index contributed by atoms with van der Waals surface area (Å²) in [7, 11) is -3.74. The first-order chi connectivity index (χ1) is 13.7. The van der Waals surface area contributed by atoms with Crippen molar-refractivity contribution in [2.75, 3.05) is 0 Å². The summed E-state index contributed by atoms with van der Waals surface area (Å²) in [6.45, 7) is 3.04. The molecule has 2 aliphatic rings. The number of β-lactam (4-membered cyclic amide) rings is 1. The summed E-state index contributed by atoms with van der Waals surface area (Å²) in [6.07, 6.45) is 0.335. The molecule has 29 heavy (non-hydrogen) atoms. The molecule has 0 radical (unpaired) electrons. The first kappa shape index (κ1) is 19.6. The minimum Gasteiger partial charge on any atom is -0.459 e. The van der Waals surface area contributed by atoms with Gasteiger partial charge in [-0.05, 0) is 31.4 Å². The summed E-state index contributed by atoms with van der Waals surface area (Å²) in [6, 6.07) is 17.3. The molecule has 7 heteroatoms. The van der Waals surface area contributed by atoms with Crippen LogP contribution in [0.5, 0.6) is 0 Å². The van der Waals surface area contributed by atoms with Gasteiger partial charge in [0.05, 0.1) is 10.7 Å². The normalized spacial score (nSPS) is 26.5. The van der Waals surface area contributed by atoms with E-state index < -0.39 is 37.9 Å². The fraction of sp³-hybridized carbons (Fsp3) is 0.364. The van der Waals surface area contributed by atoms with E-state index in [1.807, 2.05) is 60.7 Å². The second kappa shape index (κ2) is 6.99. The monoisotopic (exact) mass is 413 g/mol. The minimum absolute atomic E-state index is 0.0342. The van der Waals surface area contributed by atoms with E-state index in [0.717, 1.165) is 11.1 Å². The van der Waals surface area contributed by atoms with Gasteiger partial charge in [0.2, 0.25) is 5.91 Å². The summed E-state index contributed by atoms with van der Waals surface area (Å²) in [5, 5.41) is -0.987. The van der Waals surface area contributed by atoms with Crippen LogP contribution in [-0.2, 0) is 37.2 Å². The van der Waals surface area contributed by atoms with Crippen molar-refractivity contribution >= 4 is 21.7 Å². The van der Waals surface area contributed by atoms with E-state index in [4.69, 9.17) is 4.74 Å². The number of ether oxygens (including phenoxy) is 1. The number of rotatable bonds is 5. The molecule has 0 aliphatic carbocycles. The number of esters is 1. The number of carbonyl (C=O) groups is 2. The lowest BCUT2D eigenvalue weighted by molar-refractivity contribution is -0.167. The Kier molecular flexibility index (Phi) is 4.73. The molecule has 2 aromatic carbocycles. The smallest absolute Gasteiger partial charge is 0.330 e. The van der Waals surface area contributed by atoms with Crippen LogP contribution in [0, 0.1) is 5.92 Å². The Hall–Kier alpha value is -2.67. The van der Waals surface area contributed by atoms with Crippen molar-refractivity contribution in [3.05, 3.63) is 71.8 Å². The lowest BCUT2D eigenvalue weighted by Crippen LogP contribution is -2.64. The molecule has 3 atom stereocenters. The highest BCUT2D eigenvalue weighted by Gasteiger charge is 2.72. The van der Waals surface area contributed by atoms with Crippen molar-refractivity contribution in [1.82, 2.24) is 4.90 Å². The standard InChI is InChI=1S/C22H23NO5S/c1-22(2)18(21(25)28-14-16-11-7-4-8-12-16)23-19(24)17(20(23)29(22,26)27)13-15-9-5-3-6-10-15/h3-12,17-18,20H,13-14H2,1-2H3/t17-,18+,20-/m1/s1. The van der Waals surface area contributed by atoms with Crippen LogP contribution in [0.15, 0.2) is 60.7 Å². The van der Waals surface area contributed by atoms with E-state index in [2.05, 4.69) is 0 Å². The molecule has 0 bridgehead atoms. The number of amides is 1. The second-order valence-corrected chi connectivity index (χ2v) is 10.7. The van der Waals surface area contributed by atoms with Crippen LogP contribution in [0.2, 0.25) is 0 Å². The topological polar surface area (TPSA) is 80.8 Å². The van der Waals surface area contributed by atoms with E-state index in [9.17, 15) is 18.0 Å². The summed E-state index contributed by atoms with van der Waals surface area (Å²) in [5.41, 5.74) is 1.70. The maximum atomic E-state index is 13.2. The third kappa shape index (κ3) is 3.04. The molecule has 2 aromatic rings. The number of sulfone groups is 1. The maximum absolute atomic E-state index is 13.2. The van der Waals surface area contributed by atoms with Gasteiger partial charge in [-0.1, -0.05) is 60.7 Å². The SMILES string of the molecule is CC1(C)[C@H](C(=O)OCc2ccccc2)N2C(=O)[C@@H](Cc3ccccc3)[C@H]2S1(=O)=O. The van der Waals surface area contributed by atoms with Crippen LogP contribution >= 0.6 is 0 Å². The summed E-state index contributed by atoms with van der Waals surface area (Å²) >= 11 is 0. The molecule has 2 saturated heterocycles. The molecule has 2 aliphatic heterocycles. The molecule has 0 aromatic heterocycles. The predicted molar refractivity (Wildman–Crippen MR) is 107 cm³/mol. The van der Waals surface area contributed by atoms with E-state index in [1.165, 1.54) is 18.7 Å². The van der Waals surface area contributed by atoms with E-state index >= 15 is 0 Å². The Balaban J connectivity index is 1.57. The largest absolute Gasteiger partial charge is 0.459 e. The van der Waals surface area contributed by atoms with Gasteiger partial charge in [0.1, 0.15) is 18.0 Å². The third-order valence-corrected chi connectivity index (χ3v) is 8.80. The van der Waals surface area contributed by atoms with Gasteiger partial charge in [-0.3, -0.25) is 4.79 Å². The van der Waals surface area contributed by atoms with Gasteiger partial charge < -0.3 is 9.64 Å². The Morgan fingerprint density at radius 2 is 1.55 bits per heavy atom. The maximum Gasteiger partial charge on any atom is 0.330 e. The highest BCUT2D eigenvalue weighted by atomic mass is 32.2. The first-order valence-electron chi connectivity index (χ1n) is 9.55. The van der Waals surface area contributed by atoms with Crippen molar-refractivity contribution in [1.29, 1.82) is 0 Å². The number of benzene rings is 2. The fourth-order valence-electron chi connectivity index (χ4n) is 4.25. The molecule has 2 fully saturated rings. The minimum atomic E-state index is -3.74. The van der Waals surface area contributed by atoms with Gasteiger partial charge in [0.25, 0.3) is 0 Å². The molecule has 0 unspecified atom stereocenters. The molecule has 1 amide bonds. The zero-order chi connectivity index (χ0) is 20.8. The highest BCUT2D eigenvalue weighted by molar-refractivity contribution is 7.93. The zero-order valence-corrected chi connectivity index (χ0v) is 17.1. The highest BCUT2D eigenvalue weighted by Crippen LogP contribution is 2.49. The predicted octanol–water partition coefficient (Wildman–Crippen LogP) is 2.33. The van der Waals surface area contributed by atoms with Crippen molar-refractivity contribution < 1.29 is 22.7 Å². The van der Waals surface area contributed by atoms with Crippen LogP contribution in [0.25, 0.3) is 0 Å². The molecule has 4 rings (SSSR count). The van der Waals surface area contributed by atoms with Crippen molar-refractivity contribution in [3.63, 3.8) is 0 Å². The molecule has 0 saturated carbocycles. The van der Waals surface area contributed by atoms with Crippen molar-refractivity contribution in [3.8, 4) is 0 Å². The van der Waals surface area contributed by atoms with E-state index in [-0.39, 0.29) is 12.5 Å². The van der Waals surface area contributed by atoms with E-state index in [1.54, 1.807) is 0 Å². The Labute approximate surface area is 170 Å². The van der Waals surface area contributed by atoms with E-state index in [0.29, 0.717) is 6.42 Å². The summed E-state index contributed by atoms with van der Waals surface area (Å²) in [5.74, 6) is -1.67. The van der Waals surface area contributed by atoms with Gasteiger partial charge in [-0.2, -0.15) is 0 Å². The van der Waals surface area contributed by atoms with Gasteiger partial charge in [-0.15, -0.1) is 0 Å². The molecule has 2 heterocycles. The van der Waals surface area contributed by atoms with Crippen molar-refractivity contribution in [2.24, 2.45) is 5.92 Å². The number of fused-ring (bicyclic) bond motifs is 1. The van der Waals surface area contributed by atoms with Crippen molar-refractivity contribution in [2.45, 2.75) is 43.0 Å². The van der Waals surface area contributed by atoms with Crippen LogP contribution in [0.4, 0.5) is 0 Å². The average Bonchev–Trinajstić information content (AvgIpc) is 2.86. The number of hydrogen-bond acceptors (Lipinski definition) is 5. The molecule has 152 valence electrons. The lowest BCUT2D eigenvalue weighted by atomic mass is 9.87. The molecule has 0 N–H and O–H groups in total. The number of nitrogens with zero attached hydrogens (tertiary/aromatic N) is 1. The van der Waals surface area contributed by atoms with Crippen LogP contribution in [-0.4, -0.2) is 41.4 Å². The van der Waals surface area contributed by atoms with Gasteiger partial charge >= 0.3 is 5.97 Å². The van der Waals surface area contributed by atoms with Crippen LogP contribution < -0.4 is 0 Å². The third-order valence-electron chi connectivity index (χ3n) is 5.92. The van der Waals surface area contributed by atoms with Crippen LogP contribution in [0.1, 0.15) is 25.0 Å². The number of hydrogen-bond donors (Lipinski definition) is 0. The second-order valence-electron chi connectivity index (χ2n) is 8.08. The molecular weight excluding hydrogens is 390 g/mol. The Morgan fingerprint density at radius 3 is 2.14 bits per heavy atom. The zero-order valence-electron chi connectivity index (χ0n) is 16.3. The lowest BCUT2D eigenvalue weighted by Gasteiger charge is -2.43. The molecule has 0 spiro atoms. The Bertz CT molecular complexity index is 1030. The molecule has 6 nitrogen and oxygen atoms in total. The van der Waals surface area contributed by atoms with Gasteiger partial charge in [-0.25, -0.2) is 13.2 Å². The quantitative estimate of drug-likeness (QED) is 0.555. The summed E-state index contributed by atoms with van der Waals surface area (Å²) < 4.78 is 30.4. The van der Waals surface area contributed by atoms with Crippen LogP contribution in [0.3, 0.4) is 0 Å². The first-order valence-corrected chi connectivity index (χ1v) is 11.1. The summed E-state index contributed by atoms with van der Waals surface area (Å²) in [4.78, 5) is 26.9. The fourth-order valence-corrected chi connectivity index (χ4v) is 6.57. The van der Waals surface area contributed by atoms with Gasteiger partial charge in [0.15, 0.2) is 9.84 Å². The van der Waals surface area contributed by atoms with Gasteiger partial charge in [0, 0.05) is 0 Å². The average molecular weight is 413 g/mol. The Morgan fingerprint density at radius 1 is 1.00 bits per heavy atom.